The minimum Gasteiger partial charge on any atom is -0.396 e. The SMILES string of the molecule is CC(C)(CCCO)c1ccc(F)cc1F. The van der Waals surface area contributed by atoms with Crippen LogP contribution in [0.4, 0.5) is 8.78 Å². The zero-order chi connectivity index (χ0) is 11.5. The van der Waals surface area contributed by atoms with E-state index in [0.29, 0.717) is 18.4 Å². The molecule has 1 N–H and O–H groups in total. The fourth-order valence-electron chi connectivity index (χ4n) is 1.69. The molecule has 0 unspecified atom stereocenters. The largest absolute Gasteiger partial charge is 0.396 e. The monoisotopic (exact) mass is 214 g/mol. The van der Waals surface area contributed by atoms with Gasteiger partial charge >= 0.3 is 0 Å². The first-order valence-electron chi connectivity index (χ1n) is 5.04. The topological polar surface area (TPSA) is 20.2 Å². The van der Waals surface area contributed by atoms with Gasteiger partial charge in [-0.3, -0.25) is 0 Å². The Labute approximate surface area is 88.7 Å². The van der Waals surface area contributed by atoms with Crippen LogP contribution in [0.15, 0.2) is 18.2 Å². The van der Waals surface area contributed by atoms with E-state index in [2.05, 4.69) is 0 Å². The van der Waals surface area contributed by atoms with Crippen LogP contribution in [0.1, 0.15) is 32.3 Å². The molecule has 0 radical (unpaired) electrons. The molecule has 3 heteroatoms. The molecule has 15 heavy (non-hydrogen) atoms. The molecule has 0 saturated heterocycles. The number of aliphatic hydroxyl groups is 1. The van der Waals surface area contributed by atoms with Gasteiger partial charge in [0.05, 0.1) is 0 Å². The van der Waals surface area contributed by atoms with Crippen molar-refractivity contribution >= 4 is 0 Å². The van der Waals surface area contributed by atoms with Gasteiger partial charge in [-0.1, -0.05) is 19.9 Å². The third-order valence-corrected chi connectivity index (χ3v) is 2.62. The van der Waals surface area contributed by atoms with Gasteiger partial charge in [0.25, 0.3) is 0 Å². The van der Waals surface area contributed by atoms with E-state index in [1.54, 1.807) is 0 Å². The Kier molecular flexibility index (Phi) is 3.80. The maximum Gasteiger partial charge on any atom is 0.129 e. The Bertz CT molecular complexity index is 334. The van der Waals surface area contributed by atoms with Gasteiger partial charge in [0, 0.05) is 12.7 Å². The van der Waals surface area contributed by atoms with E-state index in [0.717, 1.165) is 6.07 Å². The lowest BCUT2D eigenvalue weighted by Gasteiger charge is -2.25. The Hall–Kier alpha value is -0.960. The zero-order valence-corrected chi connectivity index (χ0v) is 9.06. The summed E-state index contributed by atoms with van der Waals surface area (Å²) in [5.41, 5.74) is 0.123. The van der Waals surface area contributed by atoms with Crippen molar-refractivity contribution < 1.29 is 13.9 Å². The molecule has 0 bridgehead atoms. The van der Waals surface area contributed by atoms with Gasteiger partial charge in [0.1, 0.15) is 11.6 Å². The summed E-state index contributed by atoms with van der Waals surface area (Å²) in [5.74, 6) is -1.08. The molecule has 0 aliphatic carbocycles. The van der Waals surface area contributed by atoms with E-state index in [1.165, 1.54) is 12.1 Å². The van der Waals surface area contributed by atoms with Gasteiger partial charge < -0.3 is 5.11 Å². The van der Waals surface area contributed by atoms with Crippen LogP contribution in [0, 0.1) is 11.6 Å². The first kappa shape index (κ1) is 12.1. The normalized spacial score (nSPS) is 11.8. The highest BCUT2D eigenvalue weighted by Crippen LogP contribution is 2.30. The molecule has 0 amide bonds. The molecule has 0 atom stereocenters. The molecule has 84 valence electrons. The predicted molar refractivity (Wildman–Crippen MR) is 55.7 cm³/mol. The summed E-state index contributed by atoms with van der Waals surface area (Å²) < 4.78 is 26.2. The Morgan fingerprint density at radius 1 is 1.27 bits per heavy atom. The summed E-state index contributed by atoms with van der Waals surface area (Å²) >= 11 is 0. The van der Waals surface area contributed by atoms with Crippen LogP contribution in [0.2, 0.25) is 0 Å². The van der Waals surface area contributed by atoms with Gasteiger partial charge in [-0.05, 0) is 29.9 Å². The molecule has 0 heterocycles. The van der Waals surface area contributed by atoms with Crippen molar-refractivity contribution in [3.8, 4) is 0 Å². The Morgan fingerprint density at radius 3 is 2.47 bits per heavy atom. The number of rotatable bonds is 4. The molecule has 0 aromatic heterocycles. The summed E-state index contributed by atoms with van der Waals surface area (Å²) in [7, 11) is 0. The molecule has 0 aliphatic rings. The molecule has 0 aliphatic heterocycles. The van der Waals surface area contributed by atoms with Gasteiger partial charge in [-0.25, -0.2) is 8.78 Å². The summed E-state index contributed by atoms with van der Waals surface area (Å²) in [4.78, 5) is 0. The third kappa shape index (κ3) is 2.99. The zero-order valence-electron chi connectivity index (χ0n) is 9.06. The average Bonchev–Trinajstić information content (AvgIpc) is 2.14. The smallest absolute Gasteiger partial charge is 0.129 e. The molecular formula is C12H16F2O. The Morgan fingerprint density at radius 2 is 1.93 bits per heavy atom. The van der Waals surface area contributed by atoms with Crippen molar-refractivity contribution in [2.24, 2.45) is 0 Å². The number of halogens is 2. The number of aliphatic hydroxyl groups excluding tert-OH is 1. The lowest BCUT2D eigenvalue weighted by molar-refractivity contribution is 0.267. The minimum atomic E-state index is -0.561. The molecule has 1 nitrogen and oxygen atoms in total. The highest BCUT2D eigenvalue weighted by molar-refractivity contribution is 5.26. The van der Waals surface area contributed by atoms with Gasteiger partial charge in [0.2, 0.25) is 0 Å². The molecule has 1 aromatic carbocycles. The standard InChI is InChI=1S/C12H16F2O/c1-12(2,6-3-7-15)10-5-4-9(13)8-11(10)14/h4-5,8,15H,3,6-7H2,1-2H3. The van der Waals surface area contributed by atoms with Crippen LogP contribution < -0.4 is 0 Å². The van der Waals surface area contributed by atoms with Gasteiger partial charge in [-0.2, -0.15) is 0 Å². The minimum absolute atomic E-state index is 0.0895. The van der Waals surface area contributed by atoms with E-state index < -0.39 is 11.6 Å². The van der Waals surface area contributed by atoms with Crippen LogP contribution in [0.25, 0.3) is 0 Å². The average molecular weight is 214 g/mol. The summed E-state index contributed by atoms with van der Waals surface area (Å²) in [6.07, 6.45) is 1.29. The number of hydrogen-bond acceptors (Lipinski definition) is 1. The molecule has 0 spiro atoms. The first-order chi connectivity index (χ1) is 6.97. The second kappa shape index (κ2) is 4.71. The fourth-order valence-corrected chi connectivity index (χ4v) is 1.69. The maximum atomic E-state index is 13.5. The van der Waals surface area contributed by atoms with Gasteiger partial charge in [0.15, 0.2) is 0 Å². The van der Waals surface area contributed by atoms with Crippen molar-refractivity contribution in [2.75, 3.05) is 6.61 Å². The van der Waals surface area contributed by atoms with Crippen LogP contribution >= 0.6 is 0 Å². The molecule has 1 aromatic rings. The molecule has 1 rings (SSSR count). The summed E-state index contributed by atoms with van der Waals surface area (Å²) in [5, 5.41) is 8.74. The van der Waals surface area contributed by atoms with Crippen molar-refractivity contribution in [1.29, 1.82) is 0 Å². The highest BCUT2D eigenvalue weighted by atomic mass is 19.1. The third-order valence-electron chi connectivity index (χ3n) is 2.62. The lowest BCUT2D eigenvalue weighted by atomic mass is 9.80. The lowest BCUT2D eigenvalue weighted by Crippen LogP contribution is -2.19. The van der Waals surface area contributed by atoms with Crippen LogP contribution in [-0.4, -0.2) is 11.7 Å². The summed E-state index contributed by atoms with van der Waals surface area (Å²) in [6.45, 7) is 3.87. The first-order valence-corrected chi connectivity index (χ1v) is 5.04. The molecular weight excluding hydrogens is 198 g/mol. The number of hydrogen-bond donors (Lipinski definition) is 1. The second-order valence-corrected chi connectivity index (χ2v) is 4.34. The van der Waals surface area contributed by atoms with E-state index >= 15 is 0 Å². The Balaban J connectivity index is 2.93. The van der Waals surface area contributed by atoms with Crippen LogP contribution in [0.3, 0.4) is 0 Å². The molecule has 0 fully saturated rings. The van der Waals surface area contributed by atoms with Crippen molar-refractivity contribution in [3.63, 3.8) is 0 Å². The highest BCUT2D eigenvalue weighted by Gasteiger charge is 2.23. The van der Waals surface area contributed by atoms with Crippen LogP contribution in [-0.2, 0) is 5.41 Å². The summed E-state index contributed by atoms with van der Waals surface area (Å²) in [6, 6.07) is 3.64. The van der Waals surface area contributed by atoms with Crippen molar-refractivity contribution in [1.82, 2.24) is 0 Å². The van der Waals surface area contributed by atoms with E-state index in [9.17, 15) is 8.78 Å². The van der Waals surface area contributed by atoms with E-state index in [1.807, 2.05) is 13.8 Å². The van der Waals surface area contributed by atoms with Gasteiger partial charge in [-0.15, -0.1) is 0 Å². The maximum absolute atomic E-state index is 13.5. The van der Waals surface area contributed by atoms with Crippen LogP contribution in [0.5, 0.6) is 0 Å². The van der Waals surface area contributed by atoms with Crippen molar-refractivity contribution in [2.45, 2.75) is 32.1 Å². The van der Waals surface area contributed by atoms with E-state index in [4.69, 9.17) is 5.11 Å². The number of benzene rings is 1. The molecule has 0 saturated carbocycles. The fraction of sp³-hybridized carbons (Fsp3) is 0.500. The second-order valence-electron chi connectivity index (χ2n) is 4.34. The van der Waals surface area contributed by atoms with Crippen molar-refractivity contribution in [3.05, 3.63) is 35.4 Å². The quantitative estimate of drug-likeness (QED) is 0.816. The van der Waals surface area contributed by atoms with E-state index in [-0.39, 0.29) is 12.0 Å². The predicted octanol–water partition coefficient (Wildman–Crippen LogP) is 3.01.